The van der Waals surface area contributed by atoms with Gasteiger partial charge >= 0.3 is 0 Å². The predicted octanol–water partition coefficient (Wildman–Crippen LogP) is 5.00. The van der Waals surface area contributed by atoms with E-state index in [1.807, 2.05) is 13.8 Å². The van der Waals surface area contributed by atoms with E-state index in [2.05, 4.69) is 62.4 Å². The lowest BCUT2D eigenvalue weighted by Gasteiger charge is -2.08. The highest BCUT2D eigenvalue weighted by atomic mass is 14.1. The third kappa shape index (κ3) is 2.73. The highest BCUT2D eigenvalue weighted by molar-refractivity contribution is 5.70. The standard InChI is InChI=1S/C14H14.C2H6/c1-11-7-3-5-9-13(11)14-10-6-4-8-12(14)2;1-2/h3-10H,1-2H3;1-2H3. The normalized spacial score (nSPS) is 9.25. The second-order valence-corrected chi connectivity index (χ2v) is 3.63. The molecule has 2 rings (SSSR count). The molecule has 0 bridgehead atoms. The Kier molecular flexibility index (Phi) is 4.78. The third-order valence-corrected chi connectivity index (χ3v) is 2.58. The van der Waals surface area contributed by atoms with E-state index in [0.717, 1.165) is 0 Å². The van der Waals surface area contributed by atoms with Crippen molar-refractivity contribution in [2.75, 3.05) is 0 Å². The van der Waals surface area contributed by atoms with Crippen LogP contribution >= 0.6 is 0 Å². The van der Waals surface area contributed by atoms with E-state index in [-0.39, 0.29) is 0 Å². The number of hydrogen-bond donors (Lipinski definition) is 0. The van der Waals surface area contributed by atoms with Crippen molar-refractivity contribution in [1.29, 1.82) is 0 Å². The summed E-state index contributed by atoms with van der Waals surface area (Å²) in [5.74, 6) is 0. The fourth-order valence-electron chi connectivity index (χ4n) is 1.75. The Morgan fingerprint density at radius 1 is 0.562 bits per heavy atom. The van der Waals surface area contributed by atoms with Gasteiger partial charge in [-0.3, -0.25) is 0 Å². The van der Waals surface area contributed by atoms with E-state index in [9.17, 15) is 0 Å². The molecule has 0 heterocycles. The fraction of sp³-hybridized carbons (Fsp3) is 0.250. The van der Waals surface area contributed by atoms with Crippen LogP contribution in [0.1, 0.15) is 25.0 Å². The first-order valence-electron chi connectivity index (χ1n) is 5.90. The zero-order valence-corrected chi connectivity index (χ0v) is 10.6. The van der Waals surface area contributed by atoms with Crippen LogP contribution in [0.5, 0.6) is 0 Å². The summed E-state index contributed by atoms with van der Waals surface area (Å²) >= 11 is 0. The Morgan fingerprint density at radius 3 is 1.19 bits per heavy atom. The van der Waals surface area contributed by atoms with Crippen LogP contribution in [0.3, 0.4) is 0 Å². The lowest BCUT2D eigenvalue weighted by molar-refractivity contribution is 1.41. The van der Waals surface area contributed by atoms with Crippen molar-refractivity contribution in [3.8, 4) is 11.1 Å². The molecular formula is C16H20. The number of aryl methyl sites for hydroxylation is 2. The summed E-state index contributed by atoms with van der Waals surface area (Å²) in [6.07, 6.45) is 0. The molecule has 2 aromatic carbocycles. The Hall–Kier alpha value is -1.56. The quantitative estimate of drug-likeness (QED) is 0.624. The Bertz CT molecular complexity index is 398. The first-order valence-corrected chi connectivity index (χ1v) is 5.90. The lowest BCUT2D eigenvalue weighted by atomic mass is 9.97. The summed E-state index contributed by atoms with van der Waals surface area (Å²) in [5, 5.41) is 0. The Labute approximate surface area is 99.0 Å². The molecule has 0 atom stereocenters. The average molecular weight is 212 g/mol. The molecule has 2 aromatic rings. The van der Waals surface area contributed by atoms with Crippen molar-refractivity contribution in [2.24, 2.45) is 0 Å². The molecule has 0 aliphatic carbocycles. The zero-order valence-electron chi connectivity index (χ0n) is 10.6. The smallest absolute Gasteiger partial charge is 0.0152 e. The molecule has 0 aliphatic rings. The molecule has 0 amide bonds. The molecule has 0 fully saturated rings. The second-order valence-electron chi connectivity index (χ2n) is 3.63. The van der Waals surface area contributed by atoms with Gasteiger partial charge in [-0.15, -0.1) is 0 Å². The minimum absolute atomic E-state index is 1.34. The Balaban J connectivity index is 0.000000606. The van der Waals surface area contributed by atoms with Gasteiger partial charge in [0.15, 0.2) is 0 Å². The van der Waals surface area contributed by atoms with Crippen LogP contribution in [0.15, 0.2) is 48.5 Å². The second kappa shape index (κ2) is 6.12. The van der Waals surface area contributed by atoms with Gasteiger partial charge < -0.3 is 0 Å². The molecule has 0 unspecified atom stereocenters. The number of hydrogen-bond acceptors (Lipinski definition) is 0. The van der Waals surface area contributed by atoms with Crippen LogP contribution < -0.4 is 0 Å². The van der Waals surface area contributed by atoms with Gasteiger partial charge in [-0.2, -0.15) is 0 Å². The van der Waals surface area contributed by atoms with E-state index in [4.69, 9.17) is 0 Å². The molecule has 0 aromatic heterocycles. The summed E-state index contributed by atoms with van der Waals surface area (Å²) in [6, 6.07) is 17.0. The molecule has 0 saturated carbocycles. The minimum Gasteiger partial charge on any atom is -0.0683 e. The molecule has 0 N–H and O–H groups in total. The minimum atomic E-state index is 1.34. The summed E-state index contributed by atoms with van der Waals surface area (Å²) in [6.45, 7) is 8.31. The van der Waals surface area contributed by atoms with Crippen LogP contribution in [0.25, 0.3) is 11.1 Å². The maximum Gasteiger partial charge on any atom is -0.0152 e. The van der Waals surface area contributed by atoms with Gasteiger partial charge in [-0.1, -0.05) is 62.4 Å². The van der Waals surface area contributed by atoms with E-state index in [1.54, 1.807) is 0 Å². The van der Waals surface area contributed by atoms with Gasteiger partial charge in [-0.05, 0) is 36.1 Å². The van der Waals surface area contributed by atoms with Crippen molar-refractivity contribution in [3.05, 3.63) is 59.7 Å². The molecule has 0 heteroatoms. The van der Waals surface area contributed by atoms with Gasteiger partial charge in [0.2, 0.25) is 0 Å². The largest absolute Gasteiger partial charge is 0.0683 e. The fourth-order valence-corrected chi connectivity index (χ4v) is 1.75. The highest BCUT2D eigenvalue weighted by Crippen LogP contribution is 2.25. The van der Waals surface area contributed by atoms with Crippen LogP contribution in [-0.2, 0) is 0 Å². The van der Waals surface area contributed by atoms with Crippen molar-refractivity contribution in [2.45, 2.75) is 27.7 Å². The van der Waals surface area contributed by atoms with E-state index >= 15 is 0 Å². The monoisotopic (exact) mass is 212 g/mol. The topological polar surface area (TPSA) is 0 Å². The van der Waals surface area contributed by atoms with Crippen molar-refractivity contribution >= 4 is 0 Å². The summed E-state index contributed by atoms with van der Waals surface area (Å²) in [4.78, 5) is 0. The Morgan fingerprint density at radius 2 is 0.875 bits per heavy atom. The first-order chi connectivity index (χ1) is 7.79. The van der Waals surface area contributed by atoms with E-state index in [1.165, 1.54) is 22.3 Å². The molecule has 0 spiro atoms. The van der Waals surface area contributed by atoms with Crippen molar-refractivity contribution in [3.63, 3.8) is 0 Å². The van der Waals surface area contributed by atoms with Gasteiger partial charge in [-0.25, -0.2) is 0 Å². The van der Waals surface area contributed by atoms with Gasteiger partial charge in [0.1, 0.15) is 0 Å². The third-order valence-electron chi connectivity index (χ3n) is 2.58. The van der Waals surface area contributed by atoms with Crippen LogP contribution in [0.4, 0.5) is 0 Å². The SMILES string of the molecule is CC.Cc1ccccc1-c1ccccc1C. The molecule has 0 radical (unpaired) electrons. The number of benzene rings is 2. The van der Waals surface area contributed by atoms with Gasteiger partial charge in [0.25, 0.3) is 0 Å². The summed E-state index contributed by atoms with van der Waals surface area (Å²) in [7, 11) is 0. The van der Waals surface area contributed by atoms with Gasteiger partial charge in [0.05, 0.1) is 0 Å². The van der Waals surface area contributed by atoms with Gasteiger partial charge in [0, 0.05) is 0 Å². The molecule has 0 nitrogen and oxygen atoms in total. The zero-order chi connectivity index (χ0) is 12.0. The van der Waals surface area contributed by atoms with Crippen molar-refractivity contribution < 1.29 is 0 Å². The highest BCUT2D eigenvalue weighted by Gasteiger charge is 2.02. The predicted molar refractivity (Wildman–Crippen MR) is 72.7 cm³/mol. The molecule has 0 saturated heterocycles. The van der Waals surface area contributed by atoms with Crippen molar-refractivity contribution in [1.82, 2.24) is 0 Å². The first kappa shape index (κ1) is 12.5. The number of rotatable bonds is 1. The molecule has 84 valence electrons. The lowest BCUT2D eigenvalue weighted by Crippen LogP contribution is -1.85. The maximum absolute atomic E-state index is 2.18. The molecular weight excluding hydrogens is 192 g/mol. The van der Waals surface area contributed by atoms with Crippen LogP contribution in [0.2, 0.25) is 0 Å². The average Bonchev–Trinajstić information content (AvgIpc) is 2.34. The van der Waals surface area contributed by atoms with E-state index < -0.39 is 0 Å². The maximum atomic E-state index is 2.18. The van der Waals surface area contributed by atoms with Crippen LogP contribution in [0, 0.1) is 13.8 Å². The summed E-state index contributed by atoms with van der Waals surface area (Å²) in [5.41, 5.74) is 5.35. The molecule has 0 aliphatic heterocycles. The summed E-state index contributed by atoms with van der Waals surface area (Å²) < 4.78 is 0. The van der Waals surface area contributed by atoms with E-state index in [0.29, 0.717) is 0 Å². The van der Waals surface area contributed by atoms with Crippen LogP contribution in [-0.4, -0.2) is 0 Å². The molecule has 16 heavy (non-hydrogen) atoms.